The van der Waals surface area contributed by atoms with E-state index in [0.29, 0.717) is 5.69 Å². The molecule has 0 saturated carbocycles. The number of nitriles is 1. The van der Waals surface area contributed by atoms with Crippen molar-refractivity contribution in [3.8, 4) is 17.3 Å². The van der Waals surface area contributed by atoms with Gasteiger partial charge in [0.05, 0.1) is 11.8 Å². The summed E-state index contributed by atoms with van der Waals surface area (Å²) in [7, 11) is 0. The lowest BCUT2D eigenvalue weighted by atomic mass is 10.1. The number of nitrogens with one attached hydrogen (secondary N) is 3. The van der Waals surface area contributed by atoms with E-state index in [-0.39, 0.29) is 12.5 Å². The van der Waals surface area contributed by atoms with Gasteiger partial charge in [0.25, 0.3) is 5.91 Å². The monoisotopic (exact) mass is 266 g/mol. The van der Waals surface area contributed by atoms with Gasteiger partial charge in [-0.3, -0.25) is 4.79 Å². The summed E-state index contributed by atoms with van der Waals surface area (Å²) in [6.07, 6.45) is 4.96. The molecule has 3 heterocycles. The molecule has 0 aromatic carbocycles. The number of aromatic nitrogens is 4. The minimum Gasteiger partial charge on any atom is -0.357 e. The van der Waals surface area contributed by atoms with Crippen LogP contribution in [-0.4, -0.2) is 32.4 Å². The molecule has 3 N–H and O–H groups in total. The summed E-state index contributed by atoms with van der Waals surface area (Å²) < 4.78 is 0. The fraction of sp³-hybridized carbons (Fsp3) is 0.0769. The standard InChI is InChI=1S/C13H10N6O/c14-2-4-16-13(20)10-5-8(6-17-10)11-9-1-3-15-12(9)19-7-18-11/h1,3,5-7,17H,4H2,(H,16,20)(H,15,18,19). The maximum absolute atomic E-state index is 11.7. The van der Waals surface area contributed by atoms with E-state index in [1.54, 1.807) is 18.5 Å². The van der Waals surface area contributed by atoms with Crippen molar-refractivity contribution in [1.29, 1.82) is 5.26 Å². The van der Waals surface area contributed by atoms with Crippen LogP contribution >= 0.6 is 0 Å². The second-order valence-corrected chi connectivity index (χ2v) is 4.11. The normalized spacial score (nSPS) is 10.3. The van der Waals surface area contributed by atoms with Crippen molar-refractivity contribution in [2.45, 2.75) is 0 Å². The number of amides is 1. The molecule has 1 amide bonds. The molecule has 0 aliphatic rings. The fourth-order valence-corrected chi connectivity index (χ4v) is 1.98. The predicted octanol–water partition coefficient (Wildman–Crippen LogP) is 1.21. The van der Waals surface area contributed by atoms with Crippen LogP contribution < -0.4 is 5.32 Å². The molecule has 0 bridgehead atoms. The summed E-state index contributed by atoms with van der Waals surface area (Å²) in [6, 6.07) is 5.43. The number of hydrogen-bond donors (Lipinski definition) is 3. The van der Waals surface area contributed by atoms with Gasteiger partial charge in [0, 0.05) is 23.3 Å². The molecular weight excluding hydrogens is 256 g/mol. The van der Waals surface area contributed by atoms with Crippen molar-refractivity contribution in [2.75, 3.05) is 6.54 Å². The van der Waals surface area contributed by atoms with Gasteiger partial charge >= 0.3 is 0 Å². The van der Waals surface area contributed by atoms with Crippen LogP contribution in [0.5, 0.6) is 0 Å². The van der Waals surface area contributed by atoms with Crippen molar-refractivity contribution in [3.63, 3.8) is 0 Å². The number of H-pyrrole nitrogens is 2. The van der Waals surface area contributed by atoms with E-state index in [2.05, 4.69) is 25.3 Å². The third-order valence-electron chi connectivity index (χ3n) is 2.88. The maximum atomic E-state index is 11.7. The minimum atomic E-state index is -0.322. The molecule has 0 spiro atoms. The van der Waals surface area contributed by atoms with Crippen LogP contribution in [0.3, 0.4) is 0 Å². The average Bonchev–Trinajstić information content (AvgIpc) is 3.12. The molecule has 20 heavy (non-hydrogen) atoms. The Morgan fingerprint density at radius 1 is 1.40 bits per heavy atom. The summed E-state index contributed by atoms with van der Waals surface area (Å²) >= 11 is 0. The Kier molecular flexibility index (Phi) is 2.89. The van der Waals surface area contributed by atoms with E-state index < -0.39 is 0 Å². The average molecular weight is 266 g/mol. The molecule has 0 fully saturated rings. The molecule has 3 rings (SSSR count). The zero-order valence-corrected chi connectivity index (χ0v) is 10.3. The van der Waals surface area contributed by atoms with Crippen LogP contribution in [-0.2, 0) is 0 Å². The molecule has 0 radical (unpaired) electrons. The molecule has 0 saturated heterocycles. The number of hydrogen-bond acceptors (Lipinski definition) is 4. The Morgan fingerprint density at radius 2 is 2.30 bits per heavy atom. The van der Waals surface area contributed by atoms with E-state index in [9.17, 15) is 4.79 Å². The van der Waals surface area contributed by atoms with Gasteiger partial charge in [-0.15, -0.1) is 0 Å². The van der Waals surface area contributed by atoms with Crippen LogP contribution in [0.15, 0.2) is 30.9 Å². The zero-order chi connectivity index (χ0) is 13.9. The number of carbonyl (C=O) groups excluding carboxylic acids is 1. The number of carbonyl (C=O) groups is 1. The Hall–Kier alpha value is -3.14. The van der Waals surface area contributed by atoms with Crippen molar-refractivity contribution in [2.24, 2.45) is 0 Å². The van der Waals surface area contributed by atoms with Crippen LogP contribution in [0.2, 0.25) is 0 Å². The van der Waals surface area contributed by atoms with Crippen molar-refractivity contribution in [1.82, 2.24) is 25.3 Å². The van der Waals surface area contributed by atoms with Gasteiger partial charge in [0.2, 0.25) is 0 Å². The quantitative estimate of drug-likeness (QED) is 0.618. The summed E-state index contributed by atoms with van der Waals surface area (Å²) in [6.45, 7) is -0.0251. The molecule has 7 heteroatoms. The highest BCUT2D eigenvalue weighted by Gasteiger charge is 2.12. The lowest BCUT2D eigenvalue weighted by Crippen LogP contribution is -2.23. The molecule has 98 valence electrons. The lowest BCUT2D eigenvalue weighted by molar-refractivity contribution is 0.0954. The van der Waals surface area contributed by atoms with Crippen LogP contribution in [0, 0.1) is 11.3 Å². The Labute approximate surface area is 113 Å². The molecule has 0 atom stereocenters. The summed E-state index contributed by atoms with van der Waals surface area (Å²) in [5.41, 5.74) is 2.66. The first-order chi connectivity index (χ1) is 9.79. The first kappa shape index (κ1) is 11.9. The summed E-state index contributed by atoms with van der Waals surface area (Å²) in [5.74, 6) is -0.322. The Morgan fingerprint density at radius 3 is 3.15 bits per heavy atom. The first-order valence-electron chi connectivity index (χ1n) is 5.91. The Bertz CT molecular complexity index is 809. The van der Waals surface area contributed by atoms with Crippen molar-refractivity contribution >= 4 is 16.9 Å². The summed E-state index contributed by atoms with van der Waals surface area (Å²) in [4.78, 5) is 26.0. The SMILES string of the molecule is N#CCNC(=O)c1cc(-c2ncnc3[nH]ccc23)c[nH]1. The van der Waals surface area contributed by atoms with Crippen LogP contribution in [0.4, 0.5) is 0 Å². The molecular formula is C13H10N6O. The second-order valence-electron chi connectivity index (χ2n) is 4.11. The molecule has 3 aromatic heterocycles. The van der Waals surface area contributed by atoms with Gasteiger partial charge in [0.15, 0.2) is 0 Å². The number of fused-ring (bicyclic) bond motifs is 1. The molecule has 7 nitrogen and oxygen atoms in total. The minimum absolute atomic E-state index is 0.0251. The highest BCUT2D eigenvalue weighted by atomic mass is 16.1. The number of nitrogens with zero attached hydrogens (tertiary/aromatic N) is 3. The molecule has 3 aromatic rings. The van der Waals surface area contributed by atoms with Crippen LogP contribution in [0.25, 0.3) is 22.3 Å². The Balaban J connectivity index is 1.96. The van der Waals surface area contributed by atoms with Crippen molar-refractivity contribution in [3.05, 3.63) is 36.5 Å². The third-order valence-corrected chi connectivity index (χ3v) is 2.88. The topological polar surface area (TPSA) is 110 Å². The van der Waals surface area contributed by atoms with Gasteiger partial charge in [-0.25, -0.2) is 9.97 Å². The largest absolute Gasteiger partial charge is 0.357 e. The van der Waals surface area contributed by atoms with E-state index in [4.69, 9.17) is 5.26 Å². The molecule has 0 aliphatic heterocycles. The van der Waals surface area contributed by atoms with Gasteiger partial charge in [-0.05, 0) is 12.1 Å². The highest BCUT2D eigenvalue weighted by Crippen LogP contribution is 2.25. The van der Waals surface area contributed by atoms with Gasteiger partial charge in [-0.1, -0.05) is 0 Å². The van der Waals surface area contributed by atoms with E-state index >= 15 is 0 Å². The van der Waals surface area contributed by atoms with Gasteiger partial charge in [-0.2, -0.15) is 5.26 Å². The zero-order valence-electron chi connectivity index (χ0n) is 10.3. The van der Waals surface area contributed by atoms with E-state index in [1.165, 1.54) is 6.33 Å². The smallest absolute Gasteiger partial charge is 0.268 e. The maximum Gasteiger partial charge on any atom is 0.268 e. The van der Waals surface area contributed by atoms with Crippen LogP contribution in [0.1, 0.15) is 10.5 Å². The number of aromatic amines is 2. The third kappa shape index (κ3) is 1.99. The number of rotatable bonds is 3. The molecule has 0 unspecified atom stereocenters. The predicted molar refractivity (Wildman–Crippen MR) is 71.6 cm³/mol. The lowest BCUT2D eigenvalue weighted by Gasteiger charge is -1.98. The van der Waals surface area contributed by atoms with E-state index in [0.717, 1.165) is 22.3 Å². The van der Waals surface area contributed by atoms with Crippen molar-refractivity contribution < 1.29 is 4.79 Å². The summed E-state index contributed by atoms with van der Waals surface area (Å²) in [5, 5.41) is 11.8. The highest BCUT2D eigenvalue weighted by molar-refractivity contribution is 5.96. The second kappa shape index (κ2) is 4.85. The van der Waals surface area contributed by atoms with Gasteiger partial charge < -0.3 is 15.3 Å². The molecule has 0 aliphatic carbocycles. The fourth-order valence-electron chi connectivity index (χ4n) is 1.98. The van der Waals surface area contributed by atoms with E-state index in [1.807, 2.05) is 12.1 Å². The first-order valence-corrected chi connectivity index (χ1v) is 5.91. The van der Waals surface area contributed by atoms with Gasteiger partial charge in [0.1, 0.15) is 24.2 Å².